The van der Waals surface area contributed by atoms with Crippen molar-refractivity contribution in [2.75, 3.05) is 40.0 Å². The molecule has 0 aromatic heterocycles. The van der Waals surface area contributed by atoms with Crippen molar-refractivity contribution < 1.29 is 28.7 Å². The van der Waals surface area contributed by atoms with Crippen LogP contribution >= 0.6 is 0 Å². The number of amides is 3. The summed E-state index contributed by atoms with van der Waals surface area (Å²) >= 11 is 0. The van der Waals surface area contributed by atoms with Gasteiger partial charge in [0.25, 0.3) is 11.8 Å². The lowest BCUT2D eigenvalue weighted by Gasteiger charge is -2.12. The molecule has 0 aliphatic carbocycles. The molecule has 1 rings (SSSR count). The summed E-state index contributed by atoms with van der Waals surface area (Å²) < 4.78 is 10.7. The molecule has 0 aromatic rings. The fourth-order valence-electron chi connectivity index (χ4n) is 2.17. The van der Waals surface area contributed by atoms with E-state index in [-0.39, 0.29) is 36.5 Å². The van der Waals surface area contributed by atoms with Crippen LogP contribution in [0.3, 0.4) is 0 Å². The number of ether oxygens (including phenoxy) is 2. The summed E-state index contributed by atoms with van der Waals surface area (Å²) in [6, 6.07) is 0. The first kappa shape index (κ1) is 21.0. The highest BCUT2D eigenvalue weighted by atomic mass is 16.5. The van der Waals surface area contributed by atoms with Gasteiger partial charge in [0.15, 0.2) is 0 Å². The third-order valence-electron chi connectivity index (χ3n) is 3.60. The monoisotopic (exact) mass is 354 g/mol. The SMILES string of the molecule is CNC(=O)CCCOCCOCCCC(=O)CCN1C(=O)C=CC1=O. The summed E-state index contributed by atoms with van der Waals surface area (Å²) in [6.45, 7) is 1.99. The Hall–Kier alpha value is -2.06. The minimum Gasteiger partial charge on any atom is -0.379 e. The van der Waals surface area contributed by atoms with E-state index in [1.54, 1.807) is 7.05 Å². The molecule has 1 heterocycles. The summed E-state index contributed by atoms with van der Waals surface area (Å²) in [5.74, 6) is -0.728. The second-order valence-electron chi connectivity index (χ2n) is 5.56. The predicted molar refractivity (Wildman–Crippen MR) is 89.7 cm³/mol. The molecule has 0 saturated heterocycles. The van der Waals surface area contributed by atoms with Gasteiger partial charge in [-0.2, -0.15) is 0 Å². The van der Waals surface area contributed by atoms with E-state index in [2.05, 4.69) is 5.32 Å². The van der Waals surface area contributed by atoms with Gasteiger partial charge in [0.2, 0.25) is 5.91 Å². The van der Waals surface area contributed by atoms with Crippen LogP contribution in [0.4, 0.5) is 0 Å². The summed E-state index contributed by atoms with van der Waals surface area (Å²) in [5, 5.41) is 2.54. The number of hydrogen-bond acceptors (Lipinski definition) is 6. The van der Waals surface area contributed by atoms with Crippen molar-refractivity contribution in [3.63, 3.8) is 0 Å². The topological polar surface area (TPSA) is 102 Å². The van der Waals surface area contributed by atoms with E-state index in [1.807, 2.05) is 0 Å². The molecule has 1 N–H and O–H groups in total. The number of hydrogen-bond donors (Lipinski definition) is 1. The lowest BCUT2D eigenvalue weighted by atomic mass is 10.1. The Morgan fingerprint density at radius 2 is 1.48 bits per heavy atom. The van der Waals surface area contributed by atoms with E-state index in [4.69, 9.17) is 9.47 Å². The van der Waals surface area contributed by atoms with Crippen LogP contribution in [0.5, 0.6) is 0 Å². The van der Waals surface area contributed by atoms with Crippen molar-refractivity contribution in [2.45, 2.75) is 32.1 Å². The molecule has 140 valence electrons. The molecule has 8 nitrogen and oxygen atoms in total. The van der Waals surface area contributed by atoms with Crippen LogP contribution in [-0.4, -0.2) is 68.4 Å². The molecule has 25 heavy (non-hydrogen) atoms. The smallest absolute Gasteiger partial charge is 0.253 e. The van der Waals surface area contributed by atoms with E-state index in [0.717, 1.165) is 4.90 Å². The summed E-state index contributed by atoms with van der Waals surface area (Å²) in [7, 11) is 1.60. The number of nitrogens with zero attached hydrogens (tertiary/aromatic N) is 1. The van der Waals surface area contributed by atoms with E-state index in [0.29, 0.717) is 52.1 Å². The van der Waals surface area contributed by atoms with Gasteiger partial charge in [-0.3, -0.25) is 24.1 Å². The minimum absolute atomic E-state index is 0.000700. The quantitative estimate of drug-likeness (QED) is 0.353. The van der Waals surface area contributed by atoms with Crippen LogP contribution in [0, 0.1) is 0 Å². The Morgan fingerprint density at radius 3 is 2.04 bits per heavy atom. The fourth-order valence-corrected chi connectivity index (χ4v) is 2.17. The molecular formula is C17H26N2O6. The summed E-state index contributed by atoms with van der Waals surface area (Å²) in [6.07, 6.45) is 4.67. The number of ketones is 1. The van der Waals surface area contributed by atoms with Crippen LogP contribution in [0.2, 0.25) is 0 Å². The van der Waals surface area contributed by atoms with E-state index in [1.165, 1.54) is 12.2 Å². The predicted octanol–water partition coefficient (Wildman–Crippen LogP) is 0.210. The molecule has 0 saturated carbocycles. The normalized spacial score (nSPS) is 13.6. The van der Waals surface area contributed by atoms with Gasteiger partial charge in [-0.05, 0) is 12.8 Å². The molecule has 0 fully saturated rings. The zero-order chi connectivity index (χ0) is 18.5. The first-order chi connectivity index (χ1) is 12.0. The van der Waals surface area contributed by atoms with E-state index in [9.17, 15) is 19.2 Å². The first-order valence-corrected chi connectivity index (χ1v) is 8.46. The zero-order valence-corrected chi connectivity index (χ0v) is 14.6. The molecule has 1 aliphatic rings. The molecular weight excluding hydrogens is 328 g/mol. The maximum atomic E-state index is 11.7. The Labute approximate surface area is 147 Å². The molecule has 0 unspecified atom stereocenters. The van der Waals surface area contributed by atoms with Crippen molar-refractivity contribution in [1.82, 2.24) is 10.2 Å². The Morgan fingerprint density at radius 1 is 0.920 bits per heavy atom. The second-order valence-corrected chi connectivity index (χ2v) is 5.56. The second kappa shape index (κ2) is 12.3. The lowest BCUT2D eigenvalue weighted by molar-refractivity contribution is -0.137. The number of carbonyl (C=O) groups is 4. The number of nitrogens with one attached hydrogen (secondary N) is 1. The molecule has 0 aromatic carbocycles. The molecule has 0 atom stereocenters. The van der Waals surface area contributed by atoms with Gasteiger partial charge in [0.05, 0.1) is 13.2 Å². The fraction of sp³-hybridized carbons (Fsp3) is 0.647. The molecule has 0 radical (unpaired) electrons. The van der Waals surface area contributed by atoms with Gasteiger partial charge >= 0.3 is 0 Å². The average Bonchev–Trinajstić information content (AvgIpc) is 2.92. The van der Waals surface area contributed by atoms with E-state index < -0.39 is 0 Å². The van der Waals surface area contributed by atoms with E-state index >= 15 is 0 Å². The zero-order valence-electron chi connectivity index (χ0n) is 14.6. The maximum absolute atomic E-state index is 11.7. The average molecular weight is 354 g/mol. The van der Waals surface area contributed by atoms with Crippen LogP contribution in [-0.2, 0) is 28.7 Å². The van der Waals surface area contributed by atoms with Crippen molar-refractivity contribution in [1.29, 1.82) is 0 Å². The highest BCUT2D eigenvalue weighted by Crippen LogP contribution is 2.06. The molecule has 0 bridgehead atoms. The van der Waals surface area contributed by atoms with Gasteiger partial charge in [-0.15, -0.1) is 0 Å². The summed E-state index contributed by atoms with van der Waals surface area (Å²) in [4.78, 5) is 46.4. The molecule has 8 heteroatoms. The number of Topliss-reactive ketones (excluding diaryl/α,β-unsaturated/α-hetero) is 1. The van der Waals surface area contributed by atoms with Crippen LogP contribution in [0.15, 0.2) is 12.2 Å². The largest absolute Gasteiger partial charge is 0.379 e. The Balaban J connectivity index is 1.89. The molecule has 1 aliphatic heterocycles. The number of rotatable bonds is 14. The van der Waals surface area contributed by atoms with Crippen molar-refractivity contribution in [2.24, 2.45) is 0 Å². The number of carbonyl (C=O) groups excluding carboxylic acids is 4. The van der Waals surface area contributed by atoms with Gasteiger partial charge < -0.3 is 14.8 Å². The van der Waals surface area contributed by atoms with Gasteiger partial charge in [0.1, 0.15) is 5.78 Å². The maximum Gasteiger partial charge on any atom is 0.253 e. The third kappa shape index (κ3) is 9.11. The van der Waals surface area contributed by atoms with Gasteiger partial charge in [-0.25, -0.2) is 0 Å². The number of imide groups is 1. The third-order valence-corrected chi connectivity index (χ3v) is 3.60. The first-order valence-electron chi connectivity index (χ1n) is 8.46. The van der Waals surface area contributed by atoms with Crippen LogP contribution < -0.4 is 5.32 Å². The highest BCUT2D eigenvalue weighted by molar-refractivity contribution is 6.13. The van der Waals surface area contributed by atoms with Gasteiger partial charge in [-0.1, -0.05) is 0 Å². The Kier molecular flexibility index (Phi) is 10.3. The van der Waals surface area contributed by atoms with Crippen molar-refractivity contribution >= 4 is 23.5 Å². The summed E-state index contributed by atoms with van der Waals surface area (Å²) in [5.41, 5.74) is 0. The standard InChI is InChI=1S/C17H26N2O6/c1-18-15(21)5-3-11-25-13-12-24-10-2-4-14(20)8-9-19-16(22)6-7-17(19)23/h6-7H,2-5,8-13H2,1H3,(H,18,21). The van der Waals surface area contributed by atoms with Crippen LogP contribution in [0.1, 0.15) is 32.1 Å². The molecule has 0 spiro atoms. The lowest BCUT2D eigenvalue weighted by Crippen LogP contribution is -2.32. The van der Waals surface area contributed by atoms with Gasteiger partial charge in [0, 0.05) is 58.2 Å². The Bertz CT molecular complexity index is 485. The van der Waals surface area contributed by atoms with Crippen molar-refractivity contribution in [3.8, 4) is 0 Å². The minimum atomic E-state index is -0.364. The molecule has 3 amide bonds. The van der Waals surface area contributed by atoms with Crippen molar-refractivity contribution in [3.05, 3.63) is 12.2 Å². The van der Waals surface area contributed by atoms with Crippen LogP contribution in [0.25, 0.3) is 0 Å². The highest BCUT2D eigenvalue weighted by Gasteiger charge is 2.23.